The minimum Gasteiger partial charge on any atom is -0.383 e. The number of methoxy groups -OCH3 is 1. The normalized spacial score (nSPS) is 26.6. The topological polar surface area (TPSA) is 37.8 Å². The van der Waals surface area contributed by atoms with Crippen molar-refractivity contribution in [2.45, 2.75) is 19.4 Å². The molecule has 0 amide bonds. The Hall–Kier alpha value is -1.08. The quantitative estimate of drug-likeness (QED) is 0.819. The average Bonchev–Trinajstić information content (AvgIpc) is 2.77. The summed E-state index contributed by atoms with van der Waals surface area (Å²) in [6.45, 7) is 7.89. The predicted octanol–water partition coefficient (Wildman–Crippen LogP) is 1.78. The summed E-state index contributed by atoms with van der Waals surface area (Å²) in [4.78, 5) is 8.66. The highest BCUT2D eigenvalue weighted by Gasteiger charge is 2.38. The van der Waals surface area contributed by atoms with Gasteiger partial charge in [0.15, 0.2) is 0 Å². The number of rotatable bonds is 5. The number of halogens is 1. The summed E-state index contributed by atoms with van der Waals surface area (Å²) in [7, 11) is 1.75. The highest BCUT2D eigenvalue weighted by Crippen LogP contribution is 2.33. The zero-order chi connectivity index (χ0) is 16.8. The van der Waals surface area contributed by atoms with Gasteiger partial charge >= 0.3 is 0 Å². The molecule has 5 nitrogen and oxygen atoms in total. The molecule has 1 unspecified atom stereocenters. The number of piperidine rings is 1. The van der Waals surface area contributed by atoms with Crippen LogP contribution in [0.15, 0.2) is 18.5 Å². The number of hydrogen-bond acceptors (Lipinski definition) is 5. The zero-order valence-electron chi connectivity index (χ0n) is 14.5. The van der Waals surface area contributed by atoms with Crippen molar-refractivity contribution in [3.05, 3.63) is 29.8 Å². The van der Waals surface area contributed by atoms with Crippen LogP contribution in [0.1, 0.15) is 18.4 Å². The molecule has 2 aliphatic rings. The van der Waals surface area contributed by atoms with E-state index in [1.165, 1.54) is 12.6 Å². The summed E-state index contributed by atoms with van der Waals surface area (Å²) < 4.78 is 25.1. The first kappa shape index (κ1) is 17.7. The van der Waals surface area contributed by atoms with E-state index in [2.05, 4.69) is 14.8 Å². The van der Waals surface area contributed by atoms with Crippen LogP contribution in [0.25, 0.3) is 0 Å². The molecule has 134 valence electrons. The molecule has 0 aromatic carbocycles. The van der Waals surface area contributed by atoms with E-state index in [4.69, 9.17) is 9.47 Å². The van der Waals surface area contributed by atoms with Crippen molar-refractivity contribution in [3.8, 4) is 0 Å². The second-order valence-corrected chi connectivity index (χ2v) is 7.10. The van der Waals surface area contributed by atoms with Gasteiger partial charge < -0.3 is 9.47 Å². The predicted molar refractivity (Wildman–Crippen MR) is 90.3 cm³/mol. The molecular formula is C18H28FN3O2. The van der Waals surface area contributed by atoms with Gasteiger partial charge in [-0.1, -0.05) is 0 Å². The summed E-state index contributed by atoms with van der Waals surface area (Å²) in [6.07, 6.45) is 5.27. The summed E-state index contributed by atoms with van der Waals surface area (Å²) in [5, 5.41) is 0. The van der Waals surface area contributed by atoms with E-state index < -0.39 is 0 Å². The molecule has 1 atom stereocenters. The first-order chi connectivity index (χ1) is 11.7. The monoisotopic (exact) mass is 337 g/mol. The van der Waals surface area contributed by atoms with Crippen molar-refractivity contribution in [1.29, 1.82) is 0 Å². The number of hydrogen-bond donors (Lipinski definition) is 0. The Morgan fingerprint density at radius 3 is 3.04 bits per heavy atom. The number of nitrogens with zero attached hydrogens (tertiary/aromatic N) is 3. The van der Waals surface area contributed by atoms with E-state index >= 15 is 0 Å². The molecule has 6 heteroatoms. The summed E-state index contributed by atoms with van der Waals surface area (Å²) in [5.41, 5.74) is 0.874. The Kier molecular flexibility index (Phi) is 6.16. The Bertz CT molecular complexity index is 531. The number of likely N-dealkylation sites (tertiary alicyclic amines) is 1. The maximum Gasteiger partial charge on any atom is 0.145 e. The van der Waals surface area contributed by atoms with Gasteiger partial charge in [-0.25, -0.2) is 4.39 Å². The van der Waals surface area contributed by atoms with Crippen LogP contribution in [0.2, 0.25) is 0 Å². The Morgan fingerprint density at radius 1 is 1.33 bits per heavy atom. The van der Waals surface area contributed by atoms with Crippen molar-refractivity contribution >= 4 is 0 Å². The van der Waals surface area contributed by atoms with Gasteiger partial charge in [-0.15, -0.1) is 0 Å². The van der Waals surface area contributed by atoms with Crippen LogP contribution in [0.4, 0.5) is 4.39 Å². The van der Waals surface area contributed by atoms with Crippen LogP contribution in [0.3, 0.4) is 0 Å². The molecule has 2 saturated heterocycles. The van der Waals surface area contributed by atoms with E-state index in [1.807, 2.05) is 0 Å². The highest BCUT2D eigenvalue weighted by molar-refractivity contribution is 5.12. The maximum absolute atomic E-state index is 13.9. The molecule has 1 aromatic heterocycles. The second kappa shape index (κ2) is 8.34. The van der Waals surface area contributed by atoms with Crippen LogP contribution < -0.4 is 0 Å². The SMILES string of the molecule is COCCN1CCOCC2(CCCN(Cc3ccncc3F)C2)C1. The largest absolute Gasteiger partial charge is 0.383 e. The highest BCUT2D eigenvalue weighted by atomic mass is 19.1. The van der Waals surface area contributed by atoms with Crippen LogP contribution in [-0.4, -0.2) is 74.4 Å². The smallest absolute Gasteiger partial charge is 0.145 e. The van der Waals surface area contributed by atoms with Gasteiger partial charge in [0.05, 0.1) is 26.0 Å². The molecule has 24 heavy (non-hydrogen) atoms. The summed E-state index contributed by atoms with van der Waals surface area (Å²) in [6, 6.07) is 1.78. The fraction of sp³-hybridized carbons (Fsp3) is 0.722. The van der Waals surface area contributed by atoms with E-state index in [1.54, 1.807) is 19.4 Å². The van der Waals surface area contributed by atoms with Crippen LogP contribution in [0.5, 0.6) is 0 Å². The van der Waals surface area contributed by atoms with Gasteiger partial charge in [0.2, 0.25) is 0 Å². The second-order valence-electron chi connectivity index (χ2n) is 7.10. The minimum atomic E-state index is -0.212. The molecule has 0 aliphatic carbocycles. The van der Waals surface area contributed by atoms with E-state index in [9.17, 15) is 4.39 Å². The van der Waals surface area contributed by atoms with Crippen LogP contribution in [0, 0.1) is 11.2 Å². The lowest BCUT2D eigenvalue weighted by Crippen LogP contribution is -2.50. The Morgan fingerprint density at radius 2 is 2.21 bits per heavy atom. The first-order valence-corrected chi connectivity index (χ1v) is 8.81. The Balaban J connectivity index is 1.65. The maximum atomic E-state index is 13.9. The summed E-state index contributed by atoms with van der Waals surface area (Å²) in [5.74, 6) is -0.212. The summed E-state index contributed by atoms with van der Waals surface area (Å²) >= 11 is 0. The molecular weight excluding hydrogens is 309 g/mol. The lowest BCUT2D eigenvalue weighted by Gasteiger charge is -2.43. The van der Waals surface area contributed by atoms with E-state index in [-0.39, 0.29) is 11.2 Å². The van der Waals surface area contributed by atoms with Crippen LogP contribution in [-0.2, 0) is 16.0 Å². The van der Waals surface area contributed by atoms with Crippen molar-refractivity contribution in [1.82, 2.24) is 14.8 Å². The molecule has 3 rings (SSSR count). The number of pyridine rings is 1. The van der Waals surface area contributed by atoms with Crippen molar-refractivity contribution in [2.24, 2.45) is 5.41 Å². The first-order valence-electron chi connectivity index (χ1n) is 8.81. The van der Waals surface area contributed by atoms with Gasteiger partial charge in [0.1, 0.15) is 5.82 Å². The molecule has 0 N–H and O–H groups in total. The van der Waals surface area contributed by atoms with Crippen molar-refractivity contribution in [2.75, 3.05) is 59.7 Å². The van der Waals surface area contributed by atoms with Gasteiger partial charge in [0.25, 0.3) is 0 Å². The molecule has 3 heterocycles. The van der Waals surface area contributed by atoms with Gasteiger partial charge in [0, 0.05) is 57.0 Å². The molecule has 0 saturated carbocycles. The molecule has 1 spiro atoms. The van der Waals surface area contributed by atoms with Crippen molar-refractivity contribution in [3.63, 3.8) is 0 Å². The van der Waals surface area contributed by atoms with Gasteiger partial charge in [-0.3, -0.25) is 14.8 Å². The van der Waals surface area contributed by atoms with Gasteiger partial charge in [-0.2, -0.15) is 0 Å². The van der Waals surface area contributed by atoms with Gasteiger partial charge in [-0.05, 0) is 25.5 Å². The minimum absolute atomic E-state index is 0.145. The lowest BCUT2D eigenvalue weighted by molar-refractivity contribution is 0.00134. The third kappa shape index (κ3) is 4.51. The number of aromatic nitrogens is 1. The standard InChI is InChI=1S/C18H28FN3O2/c1-23-9-7-21-8-10-24-15-18(13-21)4-2-6-22(14-18)12-16-3-5-20-11-17(16)19/h3,5,11H,2,4,6-10,12-15H2,1H3. The molecule has 1 aromatic rings. The Labute approximate surface area is 143 Å². The molecule has 0 bridgehead atoms. The average molecular weight is 337 g/mol. The van der Waals surface area contributed by atoms with E-state index in [0.717, 1.165) is 64.5 Å². The fourth-order valence-corrected chi connectivity index (χ4v) is 3.96. The number of ether oxygens (including phenoxy) is 2. The molecule has 0 radical (unpaired) electrons. The fourth-order valence-electron chi connectivity index (χ4n) is 3.96. The lowest BCUT2D eigenvalue weighted by atomic mass is 9.80. The molecule has 2 fully saturated rings. The third-order valence-corrected chi connectivity index (χ3v) is 5.12. The van der Waals surface area contributed by atoms with Crippen molar-refractivity contribution < 1.29 is 13.9 Å². The molecule has 2 aliphatic heterocycles. The van der Waals surface area contributed by atoms with Crippen LogP contribution >= 0.6 is 0 Å². The zero-order valence-corrected chi connectivity index (χ0v) is 14.5. The third-order valence-electron chi connectivity index (χ3n) is 5.12. The van der Waals surface area contributed by atoms with E-state index in [0.29, 0.717) is 6.54 Å².